The summed E-state index contributed by atoms with van der Waals surface area (Å²) in [6.45, 7) is 5.15. The Balaban J connectivity index is 2.60. The van der Waals surface area contributed by atoms with Crippen LogP contribution < -0.4 is 10.0 Å². The lowest BCUT2D eigenvalue weighted by Gasteiger charge is -2.12. The molecule has 0 aromatic heterocycles. The third kappa shape index (κ3) is 5.45. The Morgan fingerprint density at radius 2 is 2.00 bits per heavy atom. The highest BCUT2D eigenvalue weighted by Crippen LogP contribution is 2.16. The van der Waals surface area contributed by atoms with Crippen molar-refractivity contribution in [3.63, 3.8) is 0 Å². The zero-order valence-corrected chi connectivity index (χ0v) is 13.3. The number of hydrogen-bond donors (Lipinski definition) is 3. The molecule has 0 aliphatic carbocycles. The quantitative estimate of drug-likeness (QED) is 0.682. The summed E-state index contributed by atoms with van der Waals surface area (Å²) in [5.74, 6) is -0.306. The van der Waals surface area contributed by atoms with Crippen molar-refractivity contribution in [2.75, 3.05) is 13.2 Å². The standard InChI is InChI=1S/C14H22N2O4S/c1-10-4-5-13(11(2)8-10)21(19,20)15-7-6-14(18)16-12(3)9-17/h4-5,8,12,15,17H,6-7,9H2,1-3H3,(H,16,18)/t12-/m0/s1. The number of nitrogens with one attached hydrogen (secondary N) is 2. The van der Waals surface area contributed by atoms with E-state index in [4.69, 9.17) is 5.11 Å². The van der Waals surface area contributed by atoms with Crippen LogP contribution >= 0.6 is 0 Å². The van der Waals surface area contributed by atoms with Gasteiger partial charge >= 0.3 is 0 Å². The summed E-state index contributed by atoms with van der Waals surface area (Å²) in [6, 6.07) is 4.75. The summed E-state index contributed by atoms with van der Waals surface area (Å²) >= 11 is 0. The molecule has 0 radical (unpaired) electrons. The van der Waals surface area contributed by atoms with E-state index in [2.05, 4.69) is 10.0 Å². The fourth-order valence-corrected chi connectivity index (χ4v) is 3.13. The molecule has 0 fully saturated rings. The number of aliphatic hydroxyl groups excluding tert-OH is 1. The first kappa shape index (κ1) is 17.6. The lowest BCUT2D eigenvalue weighted by Crippen LogP contribution is -2.37. The Labute approximate surface area is 125 Å². The predicted molar refractivity (Wildman–Crippen MR) is 80.4 cm³/mol. The van der Waals surface area contributed by atoms with E-state index in [1.807, 2.05) is 6.92 Å². The van der Waals surface area contributed by atoms with E-state index in [1.165, 1.54) is 0 Å². The molecule has 0 spiro atoms. The third-order valence-electron chi connectivity index (χ3n) is 2.95. The van der Waals surface area contributed by atoms with Crippen molar-refractivity contribution in [2.45, 2.75) is 38.1 Å². The average Bonchev–Trinajstić information content (AvgIpc) is 2.37. The van der Waals surface area contributed by atoms with Crippen LogP contribution in [0.2, 0.25) is 0 Å². The van der Waals surface area contributed by atoms with Gasteiger partial charge in [0.2, 0.25) is 15.9 Å². The number of sulfonamides is 1. The van der Waals surface area contributed by atoms with Gasteiger partial charge in [-0.3, -0.25) is 4.79 Å². The van der Waals surface area contributed by atoms with E-state index in [0.29, 0.717) is 5.56 Å². The number of carbonyl (C=O) groups excluding carboxylic acids is 1. The number of hydrogen-bond acceptors (Lipinski definition) is 4. The van der Waals surface area contributed by atoms with Crippen molar-refractivity contribution in [3.8, 4) is 0 Å². The van der Waals surface area contributed by atoms with Gasteiger partial charge < -0.3 is 10.4 Å². The summed E-state index contributed by atoms with van der Waals surface area (Å²) < 4.78 is 26.7. The van der Waals surface area contributed by atoms with Crippen molar-refractivity contribution in [3.05, 3.63) is 29.3 Å². The maximum absolute atomic E-state index is 12.1. The largest absolute Gasteiger partial charge is 0.394 e. The fourth-order valence-electron chi connectivity index (χ4n) is 1.87. The smallest absolute Gasteiger partial charge is 0.240 e. The van der Waals surface area contributed by atoms with Gasteiger partial charge in [0.1, 0.15) is 0 Å². The van der Waals surface area contributed by atoms with Crippen molar-refractivity contribution >= 4 is 15.9 Å². The zero-order chi connectivity index (χ0) is 16.0. The van der Waals surface area contributed by atoms with Gasteiger partial charge in [0.15, 0.2) is 0 Å². The van der Waals surface area contributed by atoms with Crippen LogP contribution in [0.15, 0.2) is 23.1 Å². The first-order valence-corrected chi connectivity index (χ1v) is 8.21. The van der Waals surface area contributed by atoms with Gasteiger partial charge in [-0.2, -0.15) is 0 Å². The molecule has 1 rings (SSSR count). The molecule has 7 heteroatoms. The SMILES string of the molecule is Cc1ccc(S(=O)(=O)NCCC(=O)N[C@@H](C)CO)c(C)c1. The van der Waals surface area contributed by atoms with Gasteiger partial charge in [0.05, 0.1) is 11.5 Å². The van der Waals surface area contributed by atoms with Gasteiger partial charge in [0, 0.05) is 19.0 Å². The summed E-state index contributed by atoms with van der Waals surface area (Å²) in [6.07, 6.45) is 0.0223. The molecular weight excluding hydrogens is 292 g/mol. The molecule has 3 N–H and O–H groups in total. The van der Waals surface area contributed by atoms with Gasteiger partial charge in [-0.1, -0.05) is 17.7 Å². The zero-order valence-electron chi connectivity index (χ0n) is 12.5. The number of aryl methyl sites for hydroxylation is 2. The molecule has 0 aliphatic heterocycles. The molecule has 0 heterocycles. The highest BCUT2D eigenvalue weighted by molar-refractivity contribution is 7.89. The molecular formula is C14H22N2O4S. The number of benzene rings is 1. The Hall–Kier alpha value is -1.44. The van der Waals surface area contributed by atoms with Crippen molar-refractivity contribution in [1.82, 2.24) is 10.0 Å². The summed E-state index contributed by atoms with van der Waals surface area (Å²) in [4.78, 5) is 11.7. The number of rotatable bonds is 7. The van der Waals surface area contributed by atoms with E-state index in [-0.39, 0.29) is 36.4 Å². The Morgan fingerprint density at radius 1 is 1.33 bits per heavy atom. The normalized spacial score (nSPS) is 13.0. The van der Waals surface area contributed by atoms with E-state index in [1.54, 1.807) is 32.0 Å². The lowest BCUT2D eigenvalue weighted by atomic mass is 10.2. The first-order chi connectivity index (χ1) is 9.76. The second-order valence-corrected chi connectivity index (χ2v) is 6.80. The number of aliphatic hydroxyl groups is 1. The van der Waals surface area contributed by atoms with E-state index in [0.717, 1.165) is 5.56 Å². The molecule has 1 atom stereocenters. The fraction of sp³-hybridized carbons (Fsp3) is 0.500. The van der Waals surface area contributed by atoms with E-state index in [9.17, 15) is 13.2 Å². The van der Waals surface area contributed by atoms with Gasteiger partial charge in [-0.15, -0.1) is 0 Å². The molecule has 0 bridgehead atoms. The molecule has 118 valence electrons. The average molecular weight is 314 g/mol. The minimum absolute atomic E-state index is 0.0135. The van der Waals surface area contributed by atoms with Crippen LogP contribution in [0.4, 0.5) is 0 Å². The molecule has 1 aromatic carbocycles. The van der Waals surface area contributed by atoms with Crippen LogP contribution in [0.3, 0.4) is 0 Å². The summed E-state index contributed by atoms with van der Waals surface area (Å²) in [5.41, 5.74) is 1.66. The van der Waals surface area contributed by atoms with Crippen LogP contribution in [0.1, 0.15) is 24.5 Å². The van der Waals surface area contributed by atoms with Crippen LogP contribution in [-0.2, 0) is 14.8 Å². The van der Waals surface area contributed by atoms with Crippen molar-refractivity contribution < 1.29 is 18.3 Å². The summed E-state index contributed by atoms with van der Waals surface area (Å²) in [7, 11) is -3.62. The second-order valence-electron chi connectivity index (χ2n) is 5.07. The molecule has 1 amide bonds. The molecule has 6 nitrogen and oxygen atoms in total. The molecule has 0 unspecified atom stereocenters. The third-order valence-corrected chi connectivity index (χ3v) is 4.57. The minimum atomic E-state index is -3.62. The van der Waals surface area contributed by atoms with Gasteiger partial charge in [-0.25, -0.2) is 13.1 Å². The molecule has 1 aromatic rings. The number of carbonyl (C=O) groups is 1. The van der Waals surface area contributed by atoms with Crippen molar-refractivity contribution in [2.24, 2.45) is 0 Å². The van der Waals surface area contributed by atoms with Gasteiger partial charge in [0.25, 0.3) is 0 Å². The van der Waals surface area contributed by atoms with Crippen LogP contribution in [-0.4, -0.2) is 38.6 Å². The van der Waals surface area contributed by atoms with E-state index < -0.39 is 10.0 Å². The second kappa shape index (κ2) is 7.53. The highest BCUT2D eigenvalue weighted by atomic mass is 32.2. The Bertz CT molecular complexity index is 599. The molecule has 0 saturated carbocycles. The lowest BCUT2D eigenvalue weighted by molar-refractivity contribution is -0.121. The minimum Gasteiger partial charge on any atom is -0.394 e. The predicted octanol–water partition coefficient (Wildman–Crippen LogP) is 0.469. The van der Waals surface area contributed by atoms with Gasteiger partial charge in [-0.05, 0) is 32.4 Å². The topological polar surface area (TPSA) is 95.5 Å². The van der Waals surface area contributed by atoms with Crippen LogP contribution in [0, 0.1) is 13.8 Å². The molecule has 21 heavy (non-hydrogen) atoms. The maximum Gasteiger partial charge on any atom is 0.240 e. The van der Waals surface area contributed by atoms with E-state index >= 15 is 0 Å². The Kier molecular flexibility index (Phi) is 6.32. The monoisotopic (exact) mass is 314 g/mol. The maximum atomic E-state index is 12.1. The first-order valence-electron chi connectivity index (χ1n) is 6.73. The number of amides is 1. The summed E-state index contributed by atoms with van der Waals surface area (Å²) in [5, 5.41) is 11.4. The highest BCUT2D eigenvalue weighted by Gasteiger charge is 2.16. The molecule has 0 saturated heterocycles. The molecule has 0 aliphatic rings. The van der Waals surface area contributed by atoms with Crippen LogP contribution in [0.5, 0.6) is 0 Å². The van der Waals surface area contributed by atoms with Crippen LogP contribution in [0.25, 0.3) is 0 Å². The van der Waals surface area contributed by atoms with Crippen molar-refractivity contribution in [1.29, 1.82) is 0 Å². The Morgan fingerprint density at radius 3 is 2.57 bits per heavy atom.